The standard InChI is InChI=1S/C45H31N/c1-2-14-33(15-3-1)39-18-9-11-21-44(39)46-38-26-27-41-40-19-8-10-20-42(40)45(43(41)30-38,36-24-22-31-12-4-6-16-34(31)28-36)37-25-23-32-13-5-7-17-35(32)29-37/h1-30,46H. The molecule has 0 atom stereocenters. The molecule has 8 aromatic rings. The minimum Gasteiger partial charge on any atom is -0.355 e. The molecule has 0 spiro atoms. The largest absolute Gasteiger partial charge is 0.355 e. The maximum atomic E-state index is 3.83. The van der Waals surface area contributed by atoms with Crippen LogP contribution < -0.4 is 5.32 Å². The van der Waals surface area contributed by atoms with Gasteiger partial charge in [-0.1, -0.05) is 152 Å². The number of anilines is 2. The predicted octanol–water partition coefficient (Wildman–Crippen LogP) is 11.8. The van der Waals surface area contributed by atoms with Crippen LogP contribution in [0.25, 0.3) is 43.8 Å². The Morgan fingerprint density at radius 1 is 0.348 bits per heavy atom. The van der Waals surface area contributed by atoms with Gasteiger partial charge in [0, 0.05) is 16.9 Å². The highest BCUT2D eigenvalue weighted by Gasteiger charge is 2.46. The smallest absolute Gasteiger partial charge is 0.0714 e. The molecule has 8 aromatic carbocycles. The van der Waals surface area contributed by atoms with Gasteiger partial charge in [-0.2, -0.15) is 0 Å². The van der Waals surface area contributed by atoms with Gasteiger partial charge < -0.3 is 5.32 Å². The van der Waals surface area contributed by atoms with Crippen LogP contribution in [0.2, 0.25) is 0 Å². The summed E-state index contributed by atoms with van der Waals surface area (Å²) < 4.78 is 0. The van der Waals surface area contributed by atoms with Gasteiger partial charge in [-0.05, 0) is 90.8 Å². The van der Waals surface area contributed by atoms with E-state index in [9.17, 15) is 0 Å². The zero-order valence-corrected chi connectivity index (χ0v) is 25.3. The van der Waals surface area contributed by atoms with Crippen LogP contribution in [-0.2, 0) is 5.41 Å². The van der Waals surface area contributed by atoms with Gasteiger partial charge in [-0.15, -0.1) is 0 Å². The summed E-state index contributed by atoms with van der Waals surface area (Å²) in [6.45, 7) is 0. The number of nitrogens with one attached hydrogen (secondary N) is 1. The van der Waals surface area contributed by atoms with Crippen molar-refractivity contribution in [1.29, 1.82) is 0 Å². The summed E-state index contributed by atoms with van der Waals surface area (Å²) in [5, 5.41) is 8.82. The molecule has 0 aromatic heterocycles. The lowest BCUT2D eigenvalue weighted by Crippen LogP contribution is -2.28. The number of hydrogen-bond donors (Lipinski definition) is 1. The number of rotatable bonds is 5. The monoisotopic (exact) mass is 585 g/mol. The second-order valence-electron chi connectivity index (χ2n) is 12.2. The summed E-state index contributed by atoms with van der Waals surface area (Å²) in [5.74, 6) is 0. The Balaban J connectivity index is 1.31. The molecule has 46 heavy (non-hydrogen) atoms. The Bertz CT molecular complexity index is 2320. The number of benzene rings is 8. The Morgan fingerprint density at radius 2 is 0.891 bits per heavy atom. The van der Waals surface area contributed by atoms with Gasteiger partial charge in [0.15, 0.2) is 0 Å². The Kier molecular flexibility index (Phi) is 6.11. The molecule has 0 amide bonds. The summed E-state index contributed by atoms with van der Waals surface area (Å²) >= 11 is 0. The molecule has 1 aliphatic rings. The first-order valence-electron chi connectivity index (χ1n) is 15.9. The van der Waals surface area contributed by atoms with Gasteiger partial charge in [0.25, 0.3) is 0 Å². The molecule has 1 nitrogen and oxygen atoms in total. The fraction of sp³-hybridized carbons (Fsp3) is 0.0222. The van der Waals surface area contributed by atoms with Crippen molar-refractivity contribution < 1.29 is 0 Å². The summed E-state index contributed by atoms with van der Waals surface area (Å²) in [6.07, 6.45) is 0. The zero-order valence-electron chi connectivity index (χ0n) is 25.3. The molecule has 1 aliphatic carbocycles. The summed E-state index contributed by atoms with van der Waals surface area (Å²) in [7, 11) is 0. The van der Waals surface area contributed by atoms with Crippen LogP contribution in [0, 0.1) is 0 Å². The average Bonchev–Trinajstić information content (AvgIpc) is 3.42. The van der Waals surface area contributed by atoms with Gasteiger partial charge >= 0.3 is 0 Å². The first-order valence-corrected chi connectivity index (χ1v) is 15.9. The molecule has 1 heteroatoms. The molecule has 0 unspecified atom stereocenters. The van der Waals surface area contributed by atoms with Crippen molar-refractivity contribution in [1.82, 2.24) is 0 Å². The van der Waals surface area contributed by atoms with Crippen molar-refractivity contribution in [2.24, 2.45) is 0 Å². The van der Waals surface area contributed by atoms with Crippen molar-refractivity contribution in [3.05, 3.63) is 204 Å². The highest BCUT2D eigenvalue weighted by molar-refractivity contribution is 5.93. The number of fused-ring (bicyclic) bond motifs is 5. The van der Waals surface area contributed by atoms with Gasteiger partial charge in [0.1, 0.15) is 0 Å². The van der Waals surface area contributed by atoms with Crippen LogP contribution in [0.15, 0.2) is 182 Å². The summed E-state index contributed by atoms with van der Waals surface area (Å²) in [4.78, 5) is 0. The normalized spacial score (nSPS) is 13.0. The quantitative estimate of drug-likeness (QED) is 0.212. The lowest BCUT2D eigenvalue weighted by Gasteiger charge is -2.34. The molecule has 0 saturated heterocycles. The van der Waals surface area contributed by atoms with Crippen LogP contribution >= 0.6 is 0 Å². The van der Waals surface area contributed by atoms with Crippen LogP contribution in [0.5, 0.6) is 0 Å². The third kappa shape index (κ3) is 4.09. The second-order valence-corrected chi connectivity index (χ2v) is 12.2. The van der Waals surface area contributed by atoms with Crippen molar-refractivity contribution in [2.45, 2.75) is 5.41 Å². The van der Waals surface area contributed by atoms with Crippen molar-refractivity contribution >= 4 is 32.9 Å². The summed E-state index contributed by atoms with van der Waals surface area (Å²) in [6, 6.07) is 66.5. The highest BCUT2D eigenvalue weighted by Crippen LogP contribution is 2.57. The first-order chi connectivity index (χ1) is 22.8. The van der Waals surface area contributed by atoms with E-state index in [1.807, 2.05) is 0 Å². The summed E-state index contributed by atoms with van der Waals surface area (Å²) in [5.41, 5.74) is 11.8. The lowest BCUT2D eigenvalue weighted by molar-refractivity contribution is 0.771. The maximum Gasteiger partial charge on any atom is 0.0714 e. The molecule has 0 bridgehead atoms. The minimum absolute atomic E-state index is 0.503. The third-order valence-corrected chi connectivity index (χ3v) is 9.70. The van der Waals surface area contributed by atoms with E-state index in [1.165, 1.54) is 66.1 Å². The van der Waals surface area contributed by atoms with Crippen molar-refractivity contribution in [2.75, 3.05) is 5.32 Å². The van der Waals surface area contributed by atoms with E-state index in [1.54, 1.807) is 0 Å². The van der Waals surface area contributed by atoms with Gasteiger partial charge in [-0.25, -0.2) is 0 Å². The van der Waals surface area contributed by atoms with E-state index < -0.39 is 5.41 Å². The van der Waals surface area contributed by atoms with Crippen LogP contribution in [0.4, 0.5) is 11.4 Å². The fourth-order valence-corrected chi connectivity index (χ4v) is 7.61. The lowest BCUT2D eigenvalue weighted by atomic mass is 9.67. The molecule has 216 valence electrons. The number of para-hydroxylation sites is 1. The molecular formula is C45H31N. The van der Waals surface area contributed by atoms with Crippen molar-refractivity contribution in [3.8, 4) is 22.3 Å². The van der Waals surface area contributed by atoms with Crippen molar-refractivity contribution in [3.63, 3.8) is 0 Å². The molecule has 0 fully saturated rings. The third-order valence-electron chi connectivity index (χ3n) is 9.70. The Morgan fingerprint density at radius 3 is 1.59 bits per heavy atom. The van der Waals surface area contributed by atoms with E-state index in [2.05, 4.69) is 187 Å². The molecule has 0 aliphatic heterocycles. The molecule has 0 radical (unpaired) electrons. The molecular weight excluding hydrogens is 555 g/mol. The van der Waals surface area contributed by atoms with Crippen LogP contribution in [-0.4, -0.2) is 0 Å². The maximum absolute atomic E-state index is 3.83. The topological polar surface area (TPSA) is 12.0 Å². The Hall–Kier alpha value is -5.92. The Labute approximate surface area is 269 Å². The van der Waals surface area contributed by atoms with E-state index in [-0.39, 0.29) is 0 Å². The SMILES string of the molecule is c1ccc(-c2ccccc2Nc2ccc3c(c2)C(c2ccc4ccccc4c2)(c2ccc4ccccc4c2)c2ccccc2-3)cc1. The molecule has 1 N–H and O–H groups in total. The molecule has 0 saturated carbocycles. The minimum atomic E-state index is -0.503. The fourth-order valence-electron chi connectivity index (χ4n) is 7.61. The van der Waals surface area contributed by atoms with Crippen LogP contribution in [0.3, 0.4) is 0 Å². The highest BCUT2D eigenvalue weighted by atomic mass is 14.9. The predicted molar refractivity (Wildman–Crippen MR) is 194 cm³/mol. The van der Waals surface area contributed by atoms with E-state index in [0.29, 0.717) is 0 Å². The number of hydrogen-bond acceptors (Lipinski definition) is 1. The zero-order chi connectivity index (χ0) is 30.5. The van der Waals surface area contributed by atoms with E-state index in [0.717, 1.165) is 11.4 Å². The van der Waals surface area contributed by atoms with E-state index >= 15 is 0 Å². The van der Waals surface area contributed by atoms with Gasteiger partial charge in [0.2, 0.25) is 0 Å². The molecule has 9 rings (SSSR count). The van der Waals surface area contributed by atoms with Gasteiger partial charge in [0.05, 0.1) is 5.41 Å². The van der Waals surface area contributed by atoms with E-state index in [4.69, 9.17) is 0 Å². The first kappa shape index (κ1) is 26.5. The van der Waals surface area contributed by atoms with Crippen LogP contribution in [0.1, 0.15) is 22.3 Å². The molecule has 0 heterocycles. The van der Waals surface area contributed by atoms with Gasteiger partial charge in [-0.3, -0.25) is 0 Å². The average molecular weight is 586 g/mol. The second kappa shape index (κ2) is 10.6.